The summed E-state index contributed by atoms with van der Waals surface area (Å²) in [5.41, 5.74) is 1.72. The van der Waals surface area contributed by atoms with Gasteiger partial charge in [-0.1, -0.05) is 18.2 Å². The van der Waals surface area contributed by atoms with E-state index in [0.717, 1.165) is 23.6 Å². The number of rotatable bonds is 8. The van der Waals surface area contributed by atoms with Crippen molar-refractivity contribution in [1.82, 2.24) is 10.3 Å². The first-order valence-electron chi connectivity index (χ1n) is 7.13. The van der Waals surface area contributed by atoms with Gasteiger partial charge in [0.05, 0.1) is 18.5 Å². The van der Waals surface area contributed by atoms with Crippen molar-refractivity contribution in [3.05, 3.63) is 42.1 Å². The van der Waals surface area contributed by atoms with Gasteiger partial charge in [0, 0.05) is 25.2 Å². The van der Waals surface area contributed by atoms with Crippen LogP contribution >= 0.6 is 7.82 Å². The van der Waals surface area contributed by atoms with E-state index in [1.54, 1.807) is 6.20 Å². The number of phosphoric acid groups is 1. The number of phosphoric ester groups is 1. The molecule has 1 atom stereocenters. The van der Waals surface area contributed by atoms with Crippen molar-refractivity contribution < 1.29 is 23.3 Å². The zero-order chi connectivity index (χ0) is 16.7. The molecule has 8 heteroatoms. The third kappa shape index (κ3) is 5.73. The summed E-state index contributed by atoms with van der Waals surface area (Å²) >= 11 is 0. The van der Waals surface area contributed by atoms with Crippen molar-refractivity contribution in [2.45, 2.75) is 12.8 Å². The van der Waals surface area contributed by atoms with Crippen molar-refractivity contribution >= 4 is 24.6 Å². The van der Waals surface area contributed by atoms with E-state index in [1.165, 1.54) is 0 Å². The number of nitrogens with one attached hydrogen (secondary N) is 1. The molecular formula is C15H19N2O5P. The Kier molecular flexibility index (Phi) is 6.24. The zero-order valence-electron chi connectivity index (χ0n) is 12.8. The van der Waals surface area contributed by atoms with Gasteiger partial charge in [0.25, 0.3) is 0 Å². The fourth-order valence-corrected chi connectivity index (χ4v) is 2.46. The van der Waals surface area contributed by atoms with E-state index in [-0.39, 0.29) is 18.9 Å². The number of carbonyl (C=O) groups is 1. The maximum atomic E-state index is 11.9. The standard InChI is InChI=1S/C15H19N2O5P/c1-21-23(19,20)22-8-4-7-16-15(18)10-12-9-13-5-2-3-6-14(13)17-11-12/h2-3,5-6,9,11H,4,7-8,10H2,1H3,(H,16,18)(H,19,20). The van der Waals surface area contributed by atoms with Crippen LogP contribution in [0.1, 0.15) is 12.0 Å². The number of benzene rings is 1. The van der Waals surface area contributed by atoms with Gasteiger partial charge in [0.2, 0.25) is 5.91 Å². The van der Waals surface area contributed by atoms with Gasteiger partial charge < -0.3 is 10.2 Å². The highest BCUT2D eigenvalue weighted by atomic mass is 31.2. The minimum absolute atomic E-state index is 0.0272. The number of amides is 1. The molecule has 23 heavy (non-hydrogen) atoms. The molecule has 0 radical (unpaired) electrons. The SMILES string of the molecule is COP(=O)(O)OCCCNC(=O)Cc1cnc2ccccc2c1. The second kappa shape index (κ2) is 8.17. The average Bonchev–Trinajstić information content (AvgIpc) is 2.54. The molecule has 0 aliphatic heterocycles. The van der Waals surface area contributed by atoms with Crippen molar-refractivity contribution in [3.8, 4) is 0 Å². The van der Waals surface area contributed by atoms with E-state index >= 15 is 0 Å². The third-order valence-corrected chi connectivity index (χ3v) is 4.11. The molecule has 7 nitrogen and oxygen atoms in total. The lowest BCUT2D eigenvalue weighted by molar-refractivity contribution is -0.120. The van der Waals surface area contributed by atoms with Crippen LogP contribution in [0.15, 0.2) is 36.5 Å². The van der Waals surface area contributed by atoms with E-state index in [1.807, 2.05) is 30.3 Å². The molecule has 1 unspecified atom stereocenters. The zero-order valence-corrected chi connectivity index (χ0v) is 13.7. The van der Waals surface area contributed by atoms with Crippen molar-refractivity contribution in [2.24, 2.45) is 0 Å². The first-order valence-corrected chi connectivity index (χ1v) is 8.63. The van der Waals surface area contributed by atoms with Gasteiger partial charge in [0.1, 0.15) is 0 Å². The molecule has 0 bridgehead atoms. The summed E-state index contributed by atoms with van der Waals surface area (Å²) in [6, 6.07) is 9.64. The van der Waals surface area contributed by atoms with Crippen LogP contribution < -0.4 is 5.32 Å². The smallest absolute Gasteiger partial charge is 0.356 e. The first-order chi connectivity index (χ1) is 11.0. The third-order valence-electron chi connectivity index (χ3n) is 3.14. The van der Waals surface area contributed by atoms with Crippen LogP contribution in [0.2, 0.25) is 0 Å². The maximum Gasteiger partial charge on any atom is 0.471 e. The largest absolute Gasteiger partial charge is 0.471 e. The van der Waals surface area contributed by atoms with E-state index in [2.05, 4.69) is 19.3 Å². The molecule has 0 saturated heterocycles. The Morgan fingerprint density at radius 3 is 2.96 bits per heavy atom. The fraction of sp³-hybridized carbons (Fsp3) is 0.333. The second-order valence-corrected chi connectivity index (χ2v) is 6.46. The molecule has 0 aliphatic rings. The number of nitrogens with zero attached hydrogens (tertiary/aromatic N) is 1. The minimum Gasteiger partial charge on any atom is -0.356 e. The average molecular weight is 338 g/mol. The number of hydrogen-bond donors (Lipinski definition) is 2. The minimum atomic E-state index is -3.94. The van der Waals surface area contributed by atoms with Gasteiger partial charge >= 0.3 is 7.82 Å². The van der Waals surface area contributed by atoms with Gasteiger partial charge in [-0.2, -0.15) is 0 Å². The summed E-state index contributed by atoms with van der Waals surface area (Å²) < 4.78 is 20.0. The van der Waals surface area contributed by atoms with Gasteiger partial charge in [0.15, 0.2) is 0 Å². The Labute approximate surface area is 134 Å². The summed E-state index contributed by atoms with van der Waals surface area (Å²) in [6.45, 7) is 0.378. The van der Waals surface area contributed by atoms with Gasteiger partial charge in [-0.25, -0.2) is 4.57 Å². The highest BCUT2D eigenvalue weighted by molar-refractivity contribution is 7.47. The Morgan fingerprint density at radius 2 is 2.17 bits per heavy atom. The van der Waals surface area contributed by atoms with Crippen LogP contribution in [0.4, 0.5) is 0 Å². The molecule has 1 aromatic heterocycles. The summed E-state index contributed by atoms with van der Waals surface area (Å²) in [4.78, 5) is 25.2. The lowest BCUT2D eigenvalue weighted by Crippen LogP contribution is -2.26. The summed E-state index contributed by atoms with van der Waals surface area (Å²) in [7, 11) is -2.84. The number of aromatic nitrogens is 1. The molecule has 0 aliphatic carbocycles. The van der Waals surface area contributed by atoms with Crippen LogP contribution in [-0.2, 0) is 24.8 Å². The molecule has 0 spiro atoms. The maximum absolute atomic E-state index is 11.9. The second-order valence-electron chi connectivity index (χ2n) is 4.90. The van der Waals surface area contributed by atoms with Crippen molar-refractivity contribution in [1.29, 1.82) is 0 Å². The predicted octanol–water partition coefficient (Wildman–Crippen LogP) is 2.05. The summed E-state index contributed by atoms with van der Waals surface area (Å²) in [6.07, 6.45) is 2.33. The molecule has 2 N–H and O–H groups in total. The Morgan fingerprint density at radius 1 is 1.39 bits per heavy atom. The molecular weight excluding hydrogens is 319 g/mol. The number of carbonyl (C=O) groups excluding carboxylic acids is 1. The molecule has 1 aromatic carbocycles. The molecule has 1 heterocycles. The molecule has 2 aromatic rings. The van der Waals surface area contributed by atoms with Gasteiger partial charge in [-0.15, -0.1) is 0 Å². The Balaban J connectivity index is 1.75. The van der Waals surface area contributed by atoms with Crippen LogP contribution in [0.3, 0.4) is 0 Å². The molecule has 1 amide bonds. The highest BCUT2D eigenvalue weighted by Gasteiger charge is 2.17. The van der Waals surface area contributed by atoms with E-state index < -0.39 is 7.82 Å². The Bertz CT molecular complexity index is 722. The number of hydrogen-bond acceptors (Lipinski definition) is 5. The van der Waals surface area contributed by atoms with Crippen molar-refractivity contribution in [2.75, 3.05) is 20.3 Å². The monoisotopic (exact) mass is 338 g/mol. The van der Waals surface area contributed by atoms with Gasteiger partial charge in [-0.05, 0) is 24.1 Å². The van der Waals surface area contributed by atoms with Crippen LogP contribution in [0.5, 0.6) is 0 Å². The predicted molar refractivity (Wildman–Crippen MR) is 85.9 cm³/mol. The molecule has 0 fully saturated rings. The van der Waals surface area contributed by atoms with E-state index in [9.17, 15) is 9.36 Å². The molecule has 124 valence electrons. The van der Waals surface area contributed by atoms with Gasteiger partial charge in [-0.3, -0.25) is 18.8 Å². The summed E-state index contributed by atoms with van der Waals surface area (Å²) in [5.74, 6) is -0.138. The van der Waals surface area contributed by atoms with Crippen LogP contribution in [-0.4, -0.2) is 36.0 Å². The van der Waals surface area contributed by atoms with E-state index in [0.29, 0.717) is 13.0 Å². The highest BCUT2D eigenvalue weighted by Crippen LogP contribution is 2.41. The quantitative estimate of drug-likeness (QED) is 0.565. The lowest BCUT2D eigenvalue weighted by Gasteiger charge is -2.09. The topological polar surface area (TPSA) is 97.8 Å². The molecule has 2 rings (SSSR count). The Hall–Kier alpha value is -1.79. The van der Waals surface area contributed by atoms with E-state index in [4.69, 9.17) is 4.89 Å². The number of pyridine rings is 1. The summed E-state index contributed by atoms with van der Waals surface area (Å²) in [5, 5.41) is 3.71. The van der Waals surface area contributed by atoms with Crippen molar-refractivity contribution in [3.63, 3.8) is 0 Å². The molecule has 0 saturated carbocycles. The number of para-hydroxylation sites is 1. The number of fused-ring (bicyclic) bond motifs is 1. The van der Waals surface area contributed by atoms with Crippen LogP contribution in [0.25, 0.3) is 10.9 Å². The van der Waals surface area contributed by atoms with Crippen LogP contribution in [0, 0.1) is 0 Å². The normalized spacial score (nSPS) is 13.7. The fourth-order valence-electron chi connectivity index (χ4n) is 1.99. The first kappa shape index (κ1) is 17.6. The lowest BCUT2D eigenvalue weighted by atomic mass is 10.1.